The molecule has 6 rings (SSSR count). The third-order valence-electron chi connectivity index (χ3n) is 7.53. The van der Waals surface area contributed by atoms with Gasteiger partial charge in [-0.1, -0.05) is 18.2 Å². The molecule has 5 heterocycles. The maximum Gasteiger partial charge on any atom is 0.494 e. The highest BCUT2D eigenvalue weighted by molar-refractivity contribution is 6.62. The zero-order chi connectivity index (χ0) is 23.7. The second-order valence-electron chi connectivity index (χ2n) is 10.4. The van der Waals surface area contributed by atoms with Crippen LogP contribution >= 0.6 is 0 Å². The minimum absolute atomic E-state index is 0.387. The molecule has 0 atom stereocenters. The average Bonchev–Trinajstić information content (AvgIpc) is 3.44. The Kier molecular flexibility index (Phi) is 4.74. The fourth-order valence-corrected chi connectivity index (χ4v) is 4.98. The van der Waals surface area contributed by atoms with Gasteiger partial charge in [-0.15, -0.1) is 0 Å². The third-order valence-corrected chi connectivity index (χ3v) is 7.53. The number of rotatable bonds is 3. The topological polar surface area (TPSA) is 62.1 Å². The van der Waals surface area contributed by atoms with Crippen molar-refractivity contribution in [3.8, 4) is 22.5 Å². The quantitative estimate of drug-likeness (QED) is 0.421. The lowest BCUT2D eigenvalue weighted by molar-refractivity contribution is 0.00578. The van der Waals surface area contributed by atoms with Gasteiger partial charge in [-0.2, -0.15) is 5.10 Å². The van der Waals surface area contributed by atoms with Crippen molar-refractivity contribution in [3.63, 3.8) is 0 Å². The number of pyridine rings is 2. The van der Waals surface area contributed by atoms with Gasteiger partial charge in [-0.05, 0) is 82.8 Å². The first-order valence-electron chi connectivity index (χ1n) is 12.0. The molecule has 3 aromatic heterocycles. The molecule has 0 unspecified atom stereocenters. The Labute approximate surface area is 200 Å². The molecular weight excluding hydrogens is 423 g/mol. The Hall–Kier alpha value is -3.03. The van der Waals surface area contributed by atoms with Crippen molar-refractivity contribution in [1.82, 2.24) is 19.7 Å². The summed E-state index contributed by atoms with van der Waals surface area (Å²) in [6.45, 7) is 11.3. The molecule has 0 N–H and O–H groups in total. The molecule has 172 valence electrons. The van der Waals surface area contributed by atoms with Gasteiger partial charge >= 0.3 is 7.12 Å². The summed E-state index contributed by atoms with van der Waals surface area (Å²) in [5.74, 6) is 0. The summed E-state index contributed by atoms with van der Waals surface area (Å²) in [5.41, 5.74) is 7.56. The summed E-state index contributed by atoms with van der Waals surface area (Å²) in [4.78, 5) is 9.47. The molecule has 0 spiro atoms. The maximum atomic E-state index is 6.34. The van der Waals surface area contributed by atoms with Crippen LogP contribution in [0.25, 0.3) is 33.4 Å². The number of benzene rings is 1. The van der Waals surface area contributed by atoms with Crippen LogP contribution in [0, 0.1) is 6.92 Å². The van der Waals surface area contributed by atoms with E-state index in [4.69, 9.17) is 19.4 Å². The summed E-state index contributed by atoms with van der Waals surface area (Å²) in [5, 5.41) is 6.08. The van der Waals surface area contributed by atoms with Crippen LogP contribution in [0.4, 0.5) is 0 Å². The van der Waals surface area contributed by atoms with E-state index in [9.17, 15) is 0 Å². The fourth-order valence-electron chi connectivity index (χ4n) is 4.98. The average molecular weight is 452 g/mol. The van der Waals surface area contributed by atoms with Crippen molar-refractivity contribution in [2.75, 3.05) is 0 Å². The van der Waals surface area contributed by atoms with Crippen molar-refractivity contribution >= 4 is 23.5 Å². The largest absolute Gasteiger partial charge is 0.494 e. The van der Waals surface area contributed by atoms with Gasteiger partial charge in [0.2, 0.25) is 0 Å². The number of aromatic nitrogens is 4. The molecule has 7 heteroatoms. The van der Waals surface area contributed by atoms with E-state index < -0.39 is 7.12 Å². The molecule has 0 saturated carbocycles. The van der Waals surface area contributed by atoms with Gasteiger partial charge in [-0.3, -0.25) is 14.6 Å². The van der Waals surface area contributed by atoms with E-state index >= 15 is 0 Å². The molecule has 0 bridgehead atoms. The summed E-state index contributed by atoms with van der Waals surface area (Å²) in [6.07, 6.45) is 4.01. The van der Waals surface area contributed by atoms with E-state index in [1.165, 1.54) is 5.69 Å². The minimum Gasteiger partial charge on any atom is -0.399 e. The second-order valence-corrected chi connectivity index (χ2v) is 10.4. The molecule has 2 aliphatic rings. The first-order chi connectivity index (χ1) is 16.2. The molecule has 0 radical (unpaired) electrons. The van der Waals surface area contributed by atoms with E-state index in [0.717, 1.165) is 64.0 Å². The lowest BCUT2D eigenvalue weighted by atomic mass is 9.78. The van der Waals surface area contributed by atoms with Gasteiger partial charge in [0, 0.05) is 35.1 Å². The lowest BCUT2D eigenvalue weighted by Gasteiger charge is -2.32. The zero-order valence-corrected chi connectivity index (χ0v) is 20.4. The van der Waals surface area contributed by atoms with Crippen molar-refractivity contribution in [1.29, 1.82) is 0 Å². The van der Waals surface area contributed by atoms with Gasteiger partial charge in [0.15, 0.2) is 0 Å². The smallest absolute Gasteiger partial charge is 0.399 e. The van der Waals surface area contributed by atoms with E-state index in [0.29, 0.717) is 0 Å². The summed E-state index contributed by atoms with van der Waals surface area (Å²) >= 11 is 0. The Morgan fingerprint density at radius 2 is 1.79 bits per heavy atom. The van der Waals surface area contributed by atoms with Crippen LogP contribution in [-0.4, -0.2) is 38.1 Å². The molecule has 4 aromatic rings. The molecule has 6 nitrogen and oxygen atoms in total. The van der Waals surface area contributed by atoms with Crippen LogP contribution in [0.3, 0.4) is 0 Å². The molecule has 0 aliphatic carbocycles. The Morgan fingerprint density at radius 1 is 1.00 bits per heavy atom. The maximum absolute atomic E-state index is 6.34. The van der Waals surface area contributed by atoms with E-state index in [2.05, 4.69) is 61.6 Å². The van der Waals surface area contributed by atoms with Crippen molar-refractivity contribution in [3.05, 3.63) is 60.0 Å². The molecule has 34 heavy (non-hydrogen) atoms. The van der Waals surface area contributed by atoms with Gasteiger partial charge in [0.1, 0.15) is 5.69 Å². The fraction of sp³-hybridized carbons (Fsp3) is 0.370. The van der Waals surface area contributed by atoms with Crippen molar-refractivity contribution < 1.29 is 9.31 Å². The monoisotopic (exact) mass is 452 g/mol. The van der Waals surface area contributed by atoms with Gasteiger partial charge in [0.05, 0.1) is 22.4 Å². The highest BCUT2D eigenvalue weighted by Crippen LogP contribution is 2.40. The van der Waals surface area contributed by atoms with Crippen LogP contribution in [0.1, 0.15) is 45.5 Å². The van der Waals surface area contributed by atoms with Crippen LogP contribution in [0.2, 0.25) is 0 Å². The molecule has 1 aromatic carbocycles. The van der Waals surface area contributed by atoms with E-state index in [-0.39, 0.29) is 11.2 Å². The molecule has 1 fully saturated rings. The SMILES string of the molecule is Cc1cccc(-c2nn3c(c2-c2ccnc4ccc(B5OC(C)(C)C(C)(C)O5)cc24)CCC3)n1. The first-order valence-corrected chi connectivity index (χ1v) is 12.0. The highest BCUT2D eigenvalue weighted by Gasteiger charge is 2.51. The van der Waals surface area contributed by atoms with E-state index in [1.54, 1.807) is 0 Å². The normalized spacial score (nSPS) is 18.6. The first kappa shape index (κ1) is 21.5. The van der Waals surface area contributed by atoms with Gasteiger partial charge in [-0.25, -0.2) is 0 Å². The summed E-state index contributed by atoms with van der Waals surface area (Å²) in [7, 11) is -0.418. The van der Waals surface area contributed by atoms with Crippen LogP contribution in [-0.2, 0) is 22.3 Å². The van der Waals surface area contributed by atoms with Crippen molar-refractivity contribution in [2.45, 2.75) is 65.2 Å². The van der Waals surface area contributed by atoms with Crippen LogP contribution in [0.5, 0.6) is 0 Å². The van der Waals surface area contributed by atoms with Gasteiger partial charge in [0.25, 0.3) is 0 Å². The number of fused-ring (bicyclic) bond motifs is 2. The van der Waals surface area contributed by atoms with E-state index in [1.807, 2.05) is 31.3 Å². The standard InChI is InChI=1S/C27H29BN4O2/c1-17-8-6-9-22(30-17)25-24(23-10-7-15-32(23)31-25)19-13-14-29-21-12-11-18(16-20(19)21)28-33-26(2,3)27(4,5)34-28/h6,8-9,11-14,16H,7,10,15H2,1-5H3. The number of hydrogen-bond donors (Lipinski definition) is 0. The molecule has 1 saturated heterocycles. The molecule has 0 amide bonds. The Bertz CT molecular complexity index is 1410. The van der Waals surface area contributed by atoms with Crippen molar-refractivity contribution in [2.24, 2.45) is 0 Å². The third kappa shape index (κ3) is 3.29. The Balaban J connectivity index is 1.54. The lowest BCUT2D eigenvalue weighted by Crippen LogP contribution is -2.41. The predicted molar refractivity (Wildman–Crippen MR) is 135 cm³/mol. The summed E-state index contributed by atoms with van der Waals surface area (Å²) in [6, 6.07) is 14.5. The number of hydrogen-bond acceptors (Lipinski definition) is 5. The van der Waals surface area contributed by atoms with Crippen LogP contribution < -0.4 is 5.46 Å². The Morgan fingerprint density at radius 3 is 2.56 bits per heavy atom. The van der Waals surface area contributed by atoms with Crippen LogP contribution in [0.15, 0.2) is 48.7 Å². The molecular formula is C27H29BN4O2. The zero-order valence-electron chi connectivity index (χ0n) is 20.4. The second kappa shape index (κ2) is 7.49. The minimum atomic E-state index is -0.418. The summed E-state index contributed by atoms with van der Waals surface area (Å²) < 4.78 is 14.8. The predicted octanol–water partition coefficient (Wildman–Crippen LogP) is 4.71. The highest BCUT2D eigenvalue weighted by atomic mass is 16.7. The number of nitrogens with zero attached hydrogens (tertiary/aromatic N) is 4. The number of aryl methyl sites for hydroxylation is 2. The molecule has 2 aliphatic heterocycles. The van der Waals surface area contributed by atoms with Gasteiger partial charge < -0.3 is 9.31 Å².